The van der Waals surface area contributed by atoms with Crippen LogP contribution in [0.15, 0.2) is 48.8 Å². The number of fused-ring (bicyclic) bond motifs is 1. The lowest BCUT2D eigenvalue weighted by molar-refractivity contribution is 0.536. The molecule has 0 fully saturated rings. The van der Waals surface area contributed by atoms with E-state index in [1.54, 1.807) is 0 Å². The highest BCUT2D eigenvalue weighted by molar-refractivity contribution is 7.78. The van der Waals surface area contributed by atoms with E-state index in [9.17, 15) is 8.76 Å². The number of aromatic amines is 1. The van der Waals surface area contributed by atoms with Crippen molar-refractivity contribution in [2.24, 2.45) is 0 Å². The lowest BCUT2D eigenvalue weighted by Gasteiger charge is -2.15. The molecule has 29 heavy (non-hydrogen) atoms. The molecule has 4 aromatic rings. The molecule has 8 nitrogen and oxygen atoms in total. The second-order valence-electron chi connectivity index (χ2n) is 6.93. The minimum atomic E-state index is -2.10. The molecule has 2 N–H and O–H groups in total. The smallest absolute Gasteiger partial charge is 0.178 e. The standard InChI is InChI=1S/C20H20N6O2S/c1-12(2)23-18-16-8-7-15(14-5-3-13(4-6-14)10-29(27)28)9-17(16)24-25-19(18)20-21-11-22-26-20/h3-9,11-12H,10H2,1-2H3,(H,23,24)(H,27,28)(H,21,22,26)/p-1. The van der Waals surface area contributed by atoms with Crippen molar-refractivity contribution in [2.75, 3.05) is 5.32 Å². The summed E-state index contributed by atoms with van der Waals surface area (Å²) in [5.41, 5.74) is 4.92. The molecule has 4 rings (SSSR count). The monoisotopic (exact) mass is 407 g/mol. The molecule has 2 aromatic carbocycles. The van der Waals surface area contributed by atoms with Gasteiger partial charge in [-0.25, -0.2) is 4.98 Å². The molecular weight excluding hydrogens is 388 g/mol. The summed E-state index contributed by atoms with van der Waals surface area (Å²) in [6.45, 7) is 4.11. The summed E-state index contributed by atoms with van der Waals surface area (Å²) in [6.07, 6.45) is 1.44. The van der Waals surface area contributed by atoms with Gasteiger partial charge in [0.15, 0.2) is 11.5 Å². The third-order valence-electron chi connectivity index (χ3n) is 4.41. The summed E-state index contributed by atoms with van der Waals surface area (Å²) in [5, 5.41) is 19.9. The van der Waals surface area contributed by atoms with Crippen molar-refractivity contribution in [3.8, 4) is 22.6 Å². The van der Waals surface area contributed by atoms with Crippen LogP contribution < -0.4 is 5.32 Å². The molecule has 148 valence electrons. The Kier molecular flexibility index (Phi) is 5.32. The number of benzene rings is 2. The molecule has 0 aliphatic heterocycles. The van der Waals surface area contributed by atoms with Crippen LogP contribution in [0.3, 0.4) is 0 Å². The summed E-state index contributed by atoms with van der Waals surface area (Å²) < 4.78 is 21.7. The van der Waals surface area contributed by atoms with Crippen molar-refractivity contribution >= 4 is 27.7 Å². The van der Waals surface area contributed by atoms with Crippen LogP contribution in [0.4, 0.5) is 5.69 Å². The predicted molar refractivity (Wildman–Crippen MR) is 112 cm³/mol. The van der Waals surface area contributed by atoms with Gasteiger partial charge in [0.1, 0.15) is 6.33 Å². The molecule has 2 aromatic heterocycles. The van der Waals surface area contributed by atoms with E-state index in [0.29, 0.717) is 11.5 Å². The van der Waals surface area contributed by atoms with E-state index in [2.05, 4.69) is 44.5 Å². The third-order valence-corrected chi connectivity index (χ3v) is 4.97. The Morgan fingerprint density at radius 3 is 2.52 bits per heavy atom. The van der Waals surface area contributed by atoms with Crippen molar-refractivity contribution in [3.05, 3.63) is 54.4 Å². The van der Waals surface area contributed by atoms with Crippen LogP contribution in [0, 0.1) is 0 Å². The van der Waals surface area contributed by atoms with Gasteiger partial charge in [-0.05, 0) is 42.7 Å². The number of H-pyrrole nitrogens is 1. The van der Waals surface area contributed by atoms with Crippen LogP contribution in [-0.4, -0.2) is 40.2 Å². The summed E-state index contributed by atoms with van der Waals surface area (Å²) in [4.78, 5) is 4.20. The molecule has 0 radical (unpaired) electrons. The fourth-order valence-corrected chi connectivity index (χ4v) is 3.60. The molecule has 1 atom stereocenters. The Morgan fingerprint density at radius 2 is 1.86 bits per heavy atom. The fraction of sp³-hybridized carbons (Fsp3) is 0.200. The summed E-state index contributed by atoms with van der Waals surface area (Å²) in [7, 11) is 0. The van der Waals surface area contributed by atoms with Crippen molar-refractivity contribution in [3.63, 3.8) is 0 Å². The Hall–Kier alpha value is -3.17. The first-order valence-electron chi connectivity index (χ1n) is 9.09. The summed E-state index contributed by atoms with van der Waals surface area (Å²) in [5.74, 6) is 0.566. The number of rotatable bonds is 6. The number of hydrogen-bond acceptors (Lipinski definition) is 7. The van der Waals surface area contributed by atoms with Crippen molar-refractivity contribution in [1.82, 2.24) is 25.4 Å². The zero-order chi connectivity index (χ0) is 20.4. The van der Waals surface area contributed by atoms with E-state index in [1.165, 1.54) is 6.33 Å². The largest absolute Gasteiger partial charge is 0.772 e. The van der Waals surface area contributed by atoms with Gasteiger partial charge in [-0.3, -0.25) is 9.31 Å². The lowest BCUT2D eigenvalue weighted by Crippen LogP contribution is -2.12. The lowest BCUT2D eigenvalue weighted by atomic mass is 10.0. The number of hydrogen-bond donors (Lipinski definition) is 2. The van der Waals surface area contributed by atoms with Gasteiger partial charge in [0.25, 0.3) is 0 Å². The maximum Gasteiger partial charge on any atom is 0.178 e. The zero-order valence-electron chi connectivity index (χ0n) is 15.9. The first-order chi connectivity index (χ1) is 14.0. The van der Waals surface area contributed by atoms with Crippen LogP contribution in [0.25, 0.3) is 33.5 Å². The van der Waals surface area contributed by atoms with Crippen molar-refractivity contribution in [2.45, 2.75) is 25.6 Å². The molecule has 0 saturated heterocycles. The maximum atomic E-state index is 10.9. The normalized spacial score (nSPS) is 12.4. The Labute approximate surface area is 170 Å². The van der Waals surface area contributed by atoms with Gasteiger partial charge in [0.2, 0.25) is 0 Å². The minimum Gasteiger partial charge on any atom is -0.772 e. The SMILES string of the molecule is CC(C)Nc1c(-c2ncn[nH]2)nnc2cc(-c3ccc(CS(=O)[O-])cc3)ccc12. The maximum absolute atomic E-state index is 10.9. The number of nitrogens with one attached hydrogen (secondary N) is 2. The third kappa shape index (κ3) is 4.15. The van der Waals surface area contributed by atoms with E-state index in [0.717, 1.165) is 33.3 Å². The van der Waals surface area contributed by atoms with Crippen molar-refractivity contribution in [1.29, 1.82) is 0 Å². The summed E-state index contributed by atoms with van der Waals surface area (Å²) in [6, 6.07) is 13.6. The zero-order valence-corrected chi connectivity index (χ0v) is 16.7. The van der Waals surface area contributed by atoms with Crippen LogP contribution in [0.2, 0.25) is 0 Å². The number of aromatic nitrogens is 5. The molecule has 2 heterocycles. The number of anilines is 1. The quantitative estimate of drug-likeness (QED) is 0.471. The van der Waals surface area contributed by atoms with E-state index >= 15 is 0 Å². The molecule has 0 spiro atoms. The van der Waals surface area contributed by atoms with Crippen molar-refractivity contribution < 1.29 is 8.76 Å². The number of nitrogens with zero attached hydrogens (tertiary/aromatic N) is 4. The minimum absolute atomic E-state index is 0.0120. The average Bonchev–Trinajstić information content (AvgIpc) is 3.22. The summed E-state index contributed by atoms with van der Waals surface area (Å²) >= 11 is -2.10. The van der Waals surface area contributed by atoms with E-state index in [-0.39, 0.29) is 11.8 Å². The molecule has 0 amide bonds. The average molecular weight is 407 g/mol. The van der Waals surface area contributed by atoms with Gasteiger partial charge in [-0.15, -0.1) is 10.2 Å². The van der Waals surface area contributed by atoms with Gasteiger partial charge >= 0.3 is 0 Å². The van der Waals surface area contributed by atoms with E-state index < -0.39 is 11.1 Å². The molecule has 0 aliphatic rings. The molecule has 9 heteroatoms. The first kappa shape index (κ1) is 19.2. The first-order valence-corrected chi connectivity index (χ1v) is 10.3. The molecular formula is C20H19N6O2S-. The topological polar surface area (TPSA) is 120 Å². The molecule has 0 saturated carbocycles. The van der Waals surface area contributed by atoms with Crippen LogP contribution in [-0.2, 0) is 16.8 Å². The second-order valence-corrected chi connectivity index (χ2v) is 7.83. The van der Waals surface area contributed by atoms with Gasteiger partial charge in [0, 0.05) is 17.2 Å². The van der Waals surface area contributed by atoms with Gasteiger partial charge in [-0.2, -0.15) is 5.10 Å². The Bertz CT molecular complexity index is 1160. The van der Waals surface area contributed by atoms with Gasteiger partial charge in [-0.1, -0.05) is 41.4 Å². The van der Waals surface area contributed by atoms with E-state index in [4.69, 9.17) is 0 Å². The molecule has 0 aliphatic carbocycles. The Balaban J connectivity index is 1.76. The highest BCUT2D eigenvalue weighted by Gasteiger charge is 2.16. The van der Waals surface area contributed by atoms with Crippen LogP contribution in [0.1, 0.15) is 19.4 Å². The molecule has 0 bridgehead atoms. The predicted octanol–water partition coefficient (Wildman–Crippen LogP) is 3.28. The van der Waals surface area contributed by atoms with Gasteiger partial charge < -0.3 is 9.87 Å². The second kappa shape index (κ2) is 8.06. The van der Waals surface area contributed by atoms with E-state index in [1.807, 2.05) is 42.5 Å². The van der Waals surface area contributed by atoms with Crippen LogP contribution >= 0.6 is 0 Å². The van der Waals surface area contributed by atoms with Crippen LogP contribution in [0.5, 0.6) is 0 Å². The fourth-order valence-electron chi connectivity index (χ4n) is 3.14. The molecule has 1 unspecified atom stereocenters. The Morgan fingerprint density at radius 1 is 1.10 bits per heavy atom. The highest BCUT2D eigenvalue weighted by Crippen LogP contribution is 2.33. The van der Waals surface area contributed by atoms with Gasteiger partial charge in [0.05, 0.1) is 11.2 Å². The highest BCUT2D eigenvalue weighted by atomic mass is 32.2.